The van der Waals surface area contributed by atoms with Crippen LogP contribution in [0.4, 0.5) is 5.69 Å². The van der Waals surface area contributed by atoms with Crippen molar-refractivity contribution in [3.05, 3.63) is 35.9 Å². The Morgan fingerprint density at radius 1 is 1.18 bits per heavy atom. The van der Waals surface area contributed by atoms with E-state index in [-0.39, 0.29) is 24.2 Å². The molecule has 1 heterocycles. The molecule has 1 saturated heterocycles. The Kier molecular flexibility index (Phi) is 6.07. The average molecular weight is 407 g/mol. The molecule has 28 heavy (non-hydrogen) atoms. The fraction of sp³-hybridized carbons (Fsp3) is 0.500. The Hall–Kier alpha value is -2.35. The van der Waals surface area contributed by atoms with E-state index >= 15 is 0 Å². The molecule has 0 unspecified atom stereocenters. The van der Waals surface area contributed by atoms with Crippen molar-refractivity contribution in [1.82, 2.24) is 5.32 Å². The second-order valence-corrected chi connectivity index (χ2v) is 9.18. The quantitative estimate of drug-likeness (QED) is 0.578. The molecule has 1 N–H and O–H groups in total. The van der Waals surface area contributed by atoms with Crippen LogP contribution in [0.25, 0.3) is 6.08 Å². The van der Waals surface area contributed by atoms with Gasteiger partial charge in [-0.3, -0.25) is 9.10 Å². The van der Waals surface area contributed by atoms with Crippen molar-refractivity contribution >= 4 is 33.7 Å². The number of ether oxygens (including phenoxy) is 1. The monoisotopic (exact) mass is 406 g/mol. The first-order chi connectivity index (χ1) is 13.4. The Labute approximate surface area is 165 Å². The van der Waals surface area contributed by atoms with Crippen molar-refractivity contribution in [3.63, 3.8) is 0 Å². The molecular weight excluding hydrogens is 380 g/mol. The van der Waals surface area contributed by atoms with E-state index in [1.54, 1.807) is 37.3 Å². The summed E-state index contributed by atoms with van der Waals surface area (Å²) in [6.07, 6.45) is 6.60. The van der Waals surface area contributed by atoms with Gasteiger partial charge in [0.2, 0.25) is 15.9 Å². The number of esters is 1. The number of nitrogens with one attached hydrogen (secondary N) is 1. The summed E-state index contributed by atoms with van der Waals surface area (Å²) in [6, 6.07) is 7.00. The molecule has 0 spiro atoms. The molecule has 8 heteroatoms. The molecule has 1 aromatic rings. The van der Waals surface area contributed by atoms with Gasteiger partial charge in [0.25, 0.3) is 0 Å². The Balaban J connectivity index is 1.64. The number of carbonyl (C=O) groups excluding carboxylic acids is 2. The van der Waals surface area contributed by atoms with Gasteiger partial charge in [0, 0.05) is 12.6 Å². The molecule has 3 rings (SSSR count). The van der Waals surface area contributed by atoms with Crippen molar-refractivity contribution in [2.75, 3.05) is 23.2 Å². The third kappa shape index (κ3) is 4.38. The van der Waals surface area contributed by atoms with E-state index in [9.17, 15) is 18.0 Å². The van der Waals surface area contributed by atoms with Crippen LogP contribution in [-0.4, -0.2) is 44.7 Å². The number of sulfonamides is 1. The summed E-state index contributed by atoms with van der Waals surface area (Å²) in [5.41, 5.74) is 0.476. The van der Waals surface area contributed by atoms with E-state index in [1.807, 2.05) is 0 Å². The maximum absolute atomic E-state index is 12.4. The first-order valence-corrected chi connectivity index (χ1v) is 11.3. The minimum Gasteiger partial charge on any atom is -0.464 e. The molecular formula is C20H26N2O5S. The van der Waals surface area contributed by atoms with Crippen LogP contribution in [-0.2, 0) is 24.3 Å². The van der Waals surface area contributed by atoms with E-state index in [4.69, 9.17) is 4.74 Å². The van der Waals surface area contributed by atoms with E-state index in [0.29, 0.717) is 31.5 Å². The molecule has 1 aromatic carbocycles. The summed E-state index contributed by atoms with van der Waals surface area (Å²) >= 11 is 0. The molecule has 2 aliphatic rings. The topological polar surface area (TPSA) is 92.8 Å². The molecule has 0 atom stereocenters. The zero-order valence-corrected chi connectivity index (χ0v) is 16.8. The third-order valence-electron chi connectivity index (χ3n) is 5.19. The minimum atomic E-state index is -3.20. The summed E-state index contributed by atoms with van der Waals surface area (Å²) in [7, 11) is -3.20. The zero-order chi connectivity index (χ0) is 20.2. The van der Waals surface area contributed by atoms with Crippen LogP contribution in [0.1, 0.15) is 44.6 Å². The van der Waals surface area contributed by atoms with E-state index in [0.717, 1.165) is 18.4 Å². The number of benzene rings is 1. The lowest BCUT2D eigenvalue weighted by Gasteiger charge is -2.27. The summed E-state index contributed by atoms with van der Waals surface area (Å²) < 4.78 is 30.5. The minimum absolute atomic E-state index is 0.178. The van der Waals surface area contributed by atoms with Gasteiger partial charge < -0.3 is 10.1 Å². The normalized spacial score (nSPS) is 20.4. The SMILES string of the molecule is CCOC(=O)C1(NC(=O)/C=C/c2ccc(N3CCCS3(=O)=O)cc2)CCCC1. The highest BCUT2D eigenvalue weighted by Gasteiger charge is 2.43. The van der Waals surface area contributed by atoms with Crippen molar-refractivity contribution in [2.24, 2.45) is 0 Å². The highest BCUT2D eigenvalue weighted by atomic mass is 32.2. The fourth-order valence-electron chi connectivity index (χ4n) is 3.76. The summed E-state index contributed by atoms with van der Waals surface area (Å²) in [5, 5.41) is 2.83. The molecule has 2 fully saturated rings. The first-order valence-electron chi connectivity index (χ1n) is 9.64. The van der Waals surface area contributed by atoms with Crippen LogP contribution in [0.5, 0.6) is 0 Å². The second kappa shape index (κ2) is 8.34. The van der Waals surface area contributed by atoms with Crippen molar-refractivity contribution in [2.45, 2.75) is 44.6 Å². The van der Waals surface area contributed by atoms with Crippen LogP contribution in [0.3, 0.4) is 0 Å². The molecule has 7 nitrogen and oxygen atoms in total. The molecule has 0 aromatic heterocycles. The van der Waals surface area contributed by atoms with Gasteiger partial charge in [0.05, 0.1) is 18.0 Å². The Morgan fingerprint density at radius 3 is 2.43 bits per heavy atom. The number of hydrogen-bond acceptors (Lipinski definition) is 5. The van der Waals surface area contributed by atoms with Crippen molar-refractivity contribution in [3.8, 4) is 0 Å². The Morgan fingerprint density at radius 2 is 1.86 bits per heavy atom. The number of anilines is 1. The number of rotatable bonds is 6. The zero-order valence-electron chi connectivity index (χ0n) is 16.0. The molecule has 1 saturated carbocycles. The largest absolute Gasteiger partial charge is 0.464 e. The summed E-state index contributed by atoms with van der Waals surface area (Å²) in [4.78, 5) is 24.6. The van der Waals surface area contributed by atoms with Crippen molar-refractivity contribution in [1.29, 1.82) is 0 Å². The van der Waals surface area contributed by atoms with E-state index in [2.05, 4.69) is 5.32 Å². The lowest BCUT2D eigenvalue weighted by atomic mass is 9.97. The highest BCUT2D eigenvalue weighted by molar-refractivity contribution is 7.93. The fourth-order valence-corrected chi connectivity index (χ4v) is 5.32. The van der Waals surface area contributed by atoms with Gasteiger partial charge in [-0.1, -0.05) is 25.0 Å². The Bertz CT molecular complexity index is 855. The summed E-state index contributed by atoms with van der Waals surface area (Å²) in [5.74, 6) is -0.539. The van der Waals surface area contributed by atoms with Crippen LogP contribution in [0.2, 0.25) is 0 Å². The van der Waals surface area contributed by atoms with Gasteiger partial charge in [-0.05, 0) is 50.0 Å². The van der Waals surface area contributed by atoms with Gasteiger partial charge in [0.15, 0.2) is 0 Å². The van der Waals surface area contributed by atoms with Gasteiger partial charge >= 0.3 is 5.97 Å². The molecule has 0 bridgehead atoms. The molecule has 1 aliphatic carbocycles. The van der Waals surface area contributed by atoms with Gasteiger partial charge in [0.1, 0.15) is 5.54 Å². The molecule has 1 aliphatic heterocycles. The van der Waals surface area contributed by atoms with Crippen molar-refractivity contribution < 1.29 is 22.7 Å². The standard InChI is InChI=1S/C20H26N2O5S/c1-2-27-19(24)20(12-3-4-13-20)21-18(23)11-8-16-6-9-17(10-7-16)22-14-5-15-28(22,25)26/h6-11H,2-5,12-15H2,1H3,(H,21,23)/b11-8+. The van der Waals surface area contributed by atoms with Gasteiger partial charge in [-0.15, -0.1) is 0 Å². The van der Waals surface area contributed by atoms with E-state index in [1.165, 1.54) is 10.4 Å². The van der Waals surface area contributed by atoms with Crippen LogP contribution < -0.4 is 9.62 Å². The lowest BCUT2D eigenvalue weighted by Crippen LogP contribution is -2.52. The van der Waals surface area contributed by atoms with Gasteiger partial charge in [-0.25, -0.2) is 13.2 Å². The summed E-state index contributed by atoms with van der Waals surface area (Å²) in [6.45, 7) is 2.53. The lowest BCUT2D eigenvalue weighted by molar-refractivity contribution is -0.152. The molecule has 0 radical (unpaired) electrons. The van der Waals surface area contributed by atoms with Crippen LogP contribution in [0.15, 0.2) is 30.3 Å². The second-order valence-electron chi connectivity index (χ2n) is 7.17. The maximum Gasteiger partial charge on any atom is 0.331 e. The van der Waals surface area contributed by atoms with Crippen LogP contribution >= 0.6 is 0 Å². The number of amides is 1. The van der Waals surface area contributed by atoms with Gasteiger partial charge in [-0.2, -0.15) is 0 Å². The number of nitrogens with zero attached hydrogens (tertiary/aromatic N) is 1. The smallest absolute Gasteiger partial charge is 0.331 e. The average Bonchev–Trinajstić information content (AvgIpc) is 3.27. The predicted molar refractivity (Wildman–Crippen MR) is 107 cm³/mol. The molecule has 1 amide bonds. The maximum atomic E-state index is 12.4. The molecule has 152 valence electrons. The van der Waals surface area contributed by atoms with E-state index < -0.39 is 15.6 Å². The number of hydrogen-bond donors (Lipinski definition) is 1. The number of carbonyl (C=O) groups is 2. The third-order valence-corrected chi connectivity index (χ3v) is 7.06. The van der Waals surface area contributed by atoms with Crippen LogP contribution in [0, 0.1) is 0 Å². The predicted octanol–water partition coefficient (Wildman–Crippen LogP) is 2.23. The highest BCUT2D eigenvalue weighted by Crippen LogP contribution is 2.31. The first kappa shape index (κ1) is 20.4.